The molecule has 0 aliphatic rings. The van der Waals surface area contributed by atoms with E-state index in [2.05, 4.69) is 24.9 Å². The number of sulfonamides is 1. The molecule has 37 heavy (non-hydrogen) atoms. The monoisotopic (exact) mass is 554 g/mol. The van der Waals surface area contributed by atoms with Crippen LogP contribution < -0.4 is 14.2 Å². The zero-order valence-electron chi connectivity index (χ0n) is 21.5. The summed E-state index contributed by atoms with van der Waals surface area (Å²) in [6.07, 6.45) is 2.49. The third-order valence-corrected chi connectivity index (χ3v) is 7.61. The van der Waals surface area contributed by atoms with Crippen molar-refractivity contribution in [3.05, 3.63) is 47.3 Å². The molecule has 12 nitrogen and oxygen atoms in total. The molecule has 1 aromatic carbocycles. The Balaban J connectivity index is 2.06. The Hall–Kier alpha value is -3.00. The van der Waals surface area contributed by atoms with Gasteiger partial charge in [0, 0.05) is 19.5 Å². The number of methoxy groups -OCH3 is 3. The van der Waals surface area contributed by atoms with Gasteiger partial charge in [-0.3, -0.25) is 9.29 Å². The molecule has 0 bridgehead atoms. The minimum Gasteiger partial charge on any atom is -0.494 e. The summed E-state index contributed by atoms with van der Waals surface area (Å²) in [5.41, 5.74) is 0.412. The summed E-state index contributed by atoms with van der Waals surface area (Å²) < 4.78 is 53.5. The number of hydrogen-bond donors (Lipinski definition) is 1. The third-order valence-electron chi connectivity index (χ3n) is 5.73. The van der Waals surface area contributed by atoms with Crippen LogP contribution in [0.1, 0.15) is 44.9 Å². The molecule has 2 heterocycles. The molecular formula is C23H31ClN6O6S. The molecule has 3 aromatic rings. The maximum absolute atomic E-state index is 13.5. The van der Waals surface area contributed by atoms with E-state index in [4.69, 9.17) is 30.5 Å². The van der Waals surface area contributed by atoms with Crippen molar-refractivity contribution < 1.29 is 27.4 Å². The second kappa shape index (κ2) is 12.5. The lowest BCUT2D eigenvalue weighted by Gasteiger charge is -2.23. The van der Waals surface area contributed by atoms with Gasteiger partial charge in [0.2, 0.25) is 16.0 Å². The standard InChI is InChI=1S/C23H31ClN6O6S/c1-7-14(2)36-13-19-27-28-23(30(19)20-17(33-4)9-8-10-18(20)34-5)29-37(31,32)15(3)21(35-6)22-25-11-16(24)12-26-22/h8-12,14-15,21H,7,13H2,1-6H3,(H,28,29)/t14?,15-,21-/m0/s1. The first kappa shape index (κ1) is 28.6. The van der Waals surface area contributed by atoms with Gasteiger partial charge in [0.25, 0.3) is 0 Å². The van der Waals surface area contributed by atoms with E-state index in [0.717, 1.165) is 6.42 Å². The van der Waals surface area contributed by atoms with Crippen LogP contribution in [0.4, 0.5) is 5.95 Å². The van der Waals surface area contributed by atoms with E-state index in [1.807, 2.05) is 13.8 Å². The van der Waals surface area contributed by atoms with Crippen LogP contribution in [0.3, 0.4) is 0 Å². The predicted octanol–water partition coefficient (Wildman–Crippen LogP) is 3.56. The summed E-state index contributed by atoms with van der Waals surface area (Å²) in [7, 11) is 0.266. The number of benzene rings is 1. The summed E-state index contributed by atoms with van der Waals surface area (Å²) in [6, 6.07) is 5.19. The molecule has 0 spiro atoms. The van der Waals surface area contributed by atoms with Crippen LogP contribution in [0.25, 0.3) is 5.69 Å². The fraction of sp³-hybridized carbons (Fsp3) is 0.478. The third kappa shape index (κ3) is 6.47. The van der Waals surface area contributed by atoms with Crippen molar-refractivity contribution in [2.75, 3.05) is 26.1 Å². The van der Waals surface area contributed by atoms with E-state index in [1.165, 1.54) is 45.2 Å². The van der Waals surface area contributed by atoms with Crippen molar-refractivity contribution in [2.24, 2.45) is 0 Å². The van der Waals surface area contributed by atoms with Crippen LogP contribution in [0.2, 0.25) is 5.02 Å². The van der Waals surface area contributed by atoms with Crippen molar-refractivity contribution in [3.8, 4) is 17.2 Å². The molecule has 3 rings (SSSR count). The maximum Gasteiger partial charge on any atom is 0.243 e. The van der Waals surface area contributed by atoms with Gasteiger partial charge < -0.3 is 18.9 Å². The lowest BCUT2D eigenvalue weighted by atomic mass is 10.2. The summed E-state index contributed by atoms with van der Waals surface area (Å²) in [6.45, 7) is 5.47. The van der Waals surface area contributed by atoms with Gasteiger partial charge in [0.15, 0.2) is 11.6 Å². The number of anilines is 1. The van der Waals surface area contributed by atoms with Crippen molar-refractivity contribution in [1.82, 2.24) is 24.7 Å². The number of nitrogens with zero attached hydrogens (tertiary/aromatic N) is 5. The van der Waals surface area contributed by atoms with E-state index in [0.29, 0.717) is 28.0 Å². The number of aromatic nitrogens is 5. The van der Waals surface area contributed by atoms with Crippen LogP contribution >= 0.6 is 11.6 Å². The zero-order valence-corrected chi connectivity index (χ0v) is 23.1. The van der Waals surface area contributed by atoms with Gasteiger partial charge in [-0.1, -0.05) is 24.6 Å². The van der Waals surface area contributed by atoms with Gasteiger partial charge in [-0.05, 0) is 32.4 Å². The van der Waals surface area contributed by atoms with E-state index in [-0.39, 0.29) is 24.5 Å². The minimum absolute atomic E-state index is 0.0493. The van der Waals surface area contributed by atoms with Gasteiger partial charge in [-0.15, -0.1) is 10.2 Å². The van der Waals surface area contributed by atoms with Gasteiger partial charge in [-0.25, -0.2) is 18.4 Å². The van der Waals surface area contributed by atoms with Crippen molar-refractivity contribution in [1.29, 1.82) is 0 Å². The Bertz CT molecular complexity index is 1270. The number of rotatable bonds is 13. The quantitative estimate of drug-likeness (QED) is 0.333. The van der Waals surface area contributed by atoms with E-state index in [1.54, 1.807) is 18.2 Å². The average Bonchev–Trinajstić information content (AvgIpc) is 3.28. The molecule has 1 unspecified atom stereocenters. The summed E-state index contributed by atoms with van der Waals surface area (Å²) in [4.78, 5) is 8.22. The molecule has 0 aliphatic carbocycles. The van der Waals surface area contributed by atoms with Gasteiger partial charge in [0.05, 0.1) is 25.3 Å². The number of para-hydroxylation sites is 1. The fourth-order valence-electron chi connectivity index (χ4n) is 3.46. The molecule has 0 saturated carbocycles. The number of ether oxygens (including phenoxy) is 4. The highest BCUT2D eigenvalue weighted by molar-refractivity contribution is 7.93. The predicted molar refractivity (Wildman–Crippen MR) is 138 cm³/mol. The van der Waals surface area contributed by atoms with Crippen LogP contribution in [0.5, 0.6) is 11.5 Å². The lowest BCUT2D eigenvalue weighted by molar-refractivity contribution is 0.0459. The Kier molecular flexibility index (Phi) is 9.65. The highest BCUT2D eigenvalue weighted by Gasteiger charge is 2.35. The Morgan fingerprint density at radius 3 is 2.22 bits per heavy atom. The lowest BCUT2D eigenvalue weighted by Crippen LogP contribution is -2.33. The Labute approximate surface area is 221 Å². The zero-order chi connectivity index (χ0) is 27.2. The normalized spacial score (nSPS) is 14.1. The molecule has 0 aliphatic heterocycles. The van der Waals surface area contributed by atoms with Gasteiger partial charge >= 0.3 is 0 Å². The van der Waals surface area contributed by atoms with E-state index >= 15 is 0 Å². The smallest absolute Gasteiger partial charge is 0.243 e. The molecule has 14 heteroatoms. The Morgan fingerprint density at radius 2 is 1.68 bits per heavy atom. The first-order chi connectivity index (χ1) is 17.7. The summed E-state index contributed by atoms with van der Waals surface area (Å²) in [5, 5.41) is 7.53. The van der Waals surface area contributed by atoms with Crippen LogP contribution in [-0.4, -0.2) is 65.8 Å². The first-order valence-corrected chi connectivity index (χ1v) is 13.4. The first-order valence-electron chi connectivity index (χ1n) is 11.5. The number of halogens is 1. The minimum atomic E-state index is -4.11. The molecule has 1 N–H and O–H groups in total. The molecule has 0 fully saturated rings. The average molecular weight is 555 g/mol. The second-order valence-corrected chi connectivity index (χ2v) is 10.6. The van der Waals surface area contributed by atoms with Crippen LogP contribution in [0, 0.1) is 0 Å². The molecule has 2 aromatic heterocycles. The molecule has 202 valence electrons. The van der Waals surface area contributed by atoms with Crippen molar-refractivity contribution in [2.45, 2.75) is 51.3 Å². The van der Waals surface area contributed by atoms with Crippen LogP contribution in [-0.2, 0) is 26.1 Å². The largest absolute Gasteiger partial charge is 0.494 e. The number of nitrogens with one attached hydrogen (secondary N) is 1. The SMILES string of the molecule is CCC(C)OCc1nnc(NS(=O)(=O)[C@@H](C)[C@H](OC)c2ncc(Cl)cn2)n1-c1c(OC)cccc1OC. The molecule has 0 saturated heterocycles. The van der Waals surface area contributed by atoms with Gasteiger partial charge in [-0.2, -0.15) is 0 Å². The number of hydrogen-bond acceptors (Lipinski definition) is 10. The molecule has 0 radical (unpaired) electrons. The summed E-state index contributed by atoms with van der Waals surface area (Å²) in [5.74, 6) is 1.27. The molecular weight excluding hydrogens is 524 g/mol. The maximum atomic E-state index is 13.5. The summed E-state index contributed by atoms with van der Waals surface area (Å²) >= 11 is 5.87. The highest BCUT2D eigenvalue weighted by atomic mass is 35.5. The molecule has 0 amide bonds. The van der Waals surface area contributed by atoms with E-state index < -0.39 is 21.4 Å². The van der Waals surface area contributed by atoms with Gasteiger partial charge in [0.1, 0.15) is 35.1 Å². The topological polar surface area (TPSA) is 140 Å². The van der Waals surface area contributed by atoms with Crippen LogP contribution in [0.15, 0.2) is 30.6 Å². The molecule has 3 atom stereocenters. The second-order valence-electron chi connectivity index (χ2n) is 8.08. The van der Waals surface area contributed by atoms with E-state index in [9.17, 15) is 8.42 Å². The Morgan fingerprint density at radius 1 is 1.05 bits per heavy atom. The van der Waals surface area contributed by atoms with Crippen molar-refractivity contribution in [3.63, 3.8) is 0 Å². The van der Waals surface area contributed by atoms with Crippen molar-refractivity contribution >= 4 is 27.6 Å². The highest BCUT2D eigenvalue weighted by Crippen LogP contribution is 2.36. The fourth-order valence-corrected chi connectivity index (χ4v) is 4.69.